The maximum Gasteiger partial charge on any atom is 0.0513 e. The number of rotatable bonds is 0. The van der Waals surface area contributed by atoms with Crippen LogP contribution in [0.3, 0.4) is 0 Å². The molecule has 2 fully saturated rings. The molecule has 1 saturated carbocycles. The molecule has 3 heteroatoms. The minimum atomic E-state index is 0. The van der Waals surface area contributed by atoms with Gasteiger partial charge in [0.05, 0.1) is 13.2 Å². The Morgan fingerprint density at radius 2 is 1.75 bits per heavy atom. The van der Waals surface area contributed by atoms with Gasteiger partial charge >= 0.3 is 0 Å². The van der Waals surface area contributed by atoms with Crippen LogP contribution in [-0.2, 0) is 4.74 Å². The Bertz CT molecular complexity index is 88.4. The Labute approximate surface area is 54.8 Å². The molecule has 0 aromatic heterocycles. The molecule has 48 valence electrons. The molecule has 2 rings (SSSR count). The van der Waals surface area contributed by atoms with Crippen molar-refractivity contribution in [2.45, 2.75) is 6.04 Å². The lowest BCUT2D eigenvalue weighted by molar-refractivity contribution is 0.160. The molecule has 0 unspecified atom stereocenters. The van der Waals surface area contributed by atoms with Crippen LogP contribution in [0.1, 0.15) is 0 Å². The first-order chi connectivity index (χ1) is 3.39. The van der Waals surface area contributed by atoms with Crippen molar-refractivity contribution in [3.63, 3.8) is 0 Å². The van der Waals surface area contributed by atoms with E-state index in [1.54, 1.807) is 0 Å². The van der Waals surface area contributed by atoms with E-state index in [9.17, 15) is 0 Å². The van der Waals surface area contributed by atoms with Crippen LogP contribution in [0, 0.1) is 11.8 Å². The van der Waals surface area contributed by atoms with Gasteiger partial charge in [-0.1, -0.05) is 0 Å². The fourth-order valence-electron chi connectivity index (χ4n) is 1.28. The van der Waals surface area contributed by atoms with Crippen molar-refractivity contribution in [1.82, 2.24) is 0 Å². The minimum absolute atomic E-state index is 0. The van der Waals surface area contributed by atoms with Crippen LogP contribution < -0.4 is 5.73 Å². The van der Waals surface area contributed by atoms with E-state index >= 15 is 0 Å². The molecule has 2 atom stereocenters. The van der Waals surface area contributed by atoms with Crippen LogP contribution in [-0.4, -0.2) is 19.3 Å². The molecule has 0 amide bonds. The first-order valence-electron chi connectivity index (χ1n) is 2.73. The second kappa shape index (κ2) is 1.87. The summed E-state index contributed by atoms with van der Waals surface area (Å²) < 4.78 is 5.10. The maximum atomic E-state index is 5.59. The number of ether oxygens (including phenoxy) is 1. The van der Waals surface area contributed by atoms with Crippen molar-refractivity contribution in [1.29, 1.82) is 0 Å². The number of nitrogens with two attached hydrogens (primary N) is 1. The second-order valence-electron chi connectivity index (χ2n) is 2.44. The zero-order chi connectivity index (χ0) is 4.85. The van der Waals surface area contributed by atoms with Crippen LogP contribution in [0.4, 0.5) is 0 Å². The van der Waals surface area contributed by atoms with Gasteiger partial charge in [0.25, 0.3) is 0 Å². The smallest absolute Gasteiger partial charge is 0.0513 e. The standard InChI is InChI=1S/C5H9NO.ClH/c6-5-3-1-7-2-4(3)5;/h3-5H,1-2,6H2;1H/t3-,4-;/m0./s1. The third kappa shape index (κ3) is 0.642. The maximum absolute atomic E-state index is 5.59. The molecule has 1 aliphatic carbocycles. The summed E-state index contributed by atoms with van der Waals surface area (Å²) >= 11 is 0. The second-order valence-corrected chi connectivity index (χ2v) is 2.44. The van der Waals surface area contributed by atoms with Crippen LogP contribution >= 0.6 is 12.4 Å². The van der Waals surface area contributed by atoms with Gasteiger partial charge < -0.3 is 10.5 Å². The Kier molecular flexibility index (Phi) is 1.48. The molecule has 0 bridgehead atoms. The van der Waals surface area contributed by atoms with E-state index in [-0.39, 0.29) is 12.4 Å². The highest BCUT2D eigenvalue weighted by Gasteiger charge is 2.51. The van der Waals surface area contributed by atoms with Gasteiger partial charge in [-0.15, -0.1) is 12.4 Å². The van der Waals surface area contributed by atoms with E-state index in [1.807, 2.05) is 0 Å². The fraction of sp³-hybridized carbons (Fsp3) is 1.00. The lowest BCUT2D eigenvalue weighted by Gasteiger charge is -1.93. The molecule has 0 spiro atoms. The van der Waals surface area contributed by atoms with Crippen molar-refractivity contribution in [3.8, 4) is 0 Å². The largest absolute Gasteiger partial charge is 0.381 e. The summed E-state index contributed by atoms with van der Waals surface area (Å²) in [5.41, 5.74) is 5.59. The Morgan fingerprint density at radius 3 is 2.00 bits per heavy atom. The third-order valence-electron chi connectivity index (χ3n) is 2.02. The van der Waals surface area contributed by atoms with Crippen molar-refractivity contribution < 1.29 is 4.74 Å². The number of halogens is 1. The van der Waals surface area contributed by atoms with Crippen LogP contribution in [0.2, 0.25) is 0 Å². The summed E-state index contributed by atoms with van der Waals surface area (Å²) in [6.45, 7) is 1.84. The zero-order valence-corrected chi connectivity index (χ0v) is 5.36. The highest BCUT2D eigenvalue weighted by molar-refractivity contribution is 5.85. The van der Waals surface area contributed by atoms with Crippen LogP contribution in [0.5, 0.6) is 0 Å². The summed E-state index contributed by atoms with van der Waals surface area (Å²) in [7, 11) is 0. The Morgan fingerprint density at radius 1 is 1.25 bits per heavy atom. The Balaban J connectivity index is 0.000000320. The molecule has 8 heavy (non-hydrogen) atoms. The molecular formula is C5H10ClNO. The fourth-order valence-corrected chi connectivity index (χ4v) is 1.28. The van der Waals surface area contributed by atoms with E-state index < -0.39 is 0 Å². The van der Waals surface area contributed by atoms with Gasteiger partial charge in [-0.25, -0.2) is 0 Å². The topological polar surface area (TPSA) is 35.2 Å². The minimum Gasteiger partial charge on any atom is -0.381 e. The summed E-state index contributed by atoms with van der Waals surface area (Å²) in [6.07, 6.45) is 0. The van der Waals surface area contributed by atoms with Crippen molar-refractivity contribution >= 4 is 12.4 Å². The zero-order valence-electron chi connectivity index (χ0n) is 4.54. The molecule has 0 aromatic rings. The normalized spacial score (nSPS) is 49.9. The van der Waals surface area contributed by atoms with E-state index in [2.05, 4.69) is 0 Å². The van der Waals surface area contributed by atoms with Gasteiger partial charge in [0.2, 0.25) is 0 Å². The number of fused-ring (bicyclic) bond motifs is 1. The molecule has 2 N–H and O–H groups in total. The molecule has 0 aromatic carbocycles. The monoisotopic (exact) mass is 135 g/mol. The predicted octanol–water partition coefficient (Wildman–Crippen LogP) is 0.0117. The van der Waals surface area contributed by atoms with E-state index in [0.717, 1.165) is 25.0 Å². The molecular weight excluding hydrogens is 126 g/mol. The van der Waals surface area contributed by atoms with Gasteiger partial charge in [-0.05, 0) is 0 Å². The van der Waals surface area contributed by atoms with Gasteiger partial charge in [0, 0.05) is 17.9 Å². The van der Waals surface area contributed by atoms with E-state index in [4.69, 9.17) is 10.5 Å². The lowest BCUT2D eigenvalue weighted by Crippen LogP contribution is -2.11. The number of hydrogen-bond acceptors (Lipinski definition) is 2. The van der Waals surface area contributed by atoms with Gasteiger partial charge in [-0.3, -0.25) is 0 Å². The highest BCUT2D eigenvalue weighted by Crippen LogP contribution is 2.41. The average molecular weight is 136 g/mol. The van der Waals surface area contributed by atoms with Gasteiger partial charge in [0.1, 0.15) is 0 Å². The van der Waals surface area contributed by atoms with Crippen LogP contribution in [0.15, 0.2) is 0 Å². The van der Waals surface area contributed by atoms with Crippen molar-refractivity contribution in [3.05, 3.63) is 0 Å². The molecule has 2 nitrogen and oxygen atoms in total. The summed E-state index contributed by atoms with van der Waals surface area (Å²) in [5.74, 6) is 1.47. The molecule has 1 heterocycles. The molecule has 1 saturated heterocycles. The first-order valence-corrected chi connectivity index (χ1v) is 2.73. The molecule has 0 radical (unpaired) electrons. The predicted molar refractivity (Wildman–Crippen MR) is 33.0 cm³/mol. The van der Waals surface area contributed by atoms with E-state index in [0.29, 0.717) is 6.04 Å². The lowest BCUT2D eigenvalue weighted by atomic mass is 10.4. The summed E-state index contributed by atoms with van der Waals surface area (Å²) in [6, 6.07) is 0.494. The first kappa shape index (κ1) is 6.33. The van der Waals surface area contributed by atoms with Crippen LogP contribution in [0.25, 0.3) is 0 Å². The molecule has 2 aliphatic rings. The van der Waals surface area contributed by atoms with Gasteiger partial charge in [-0.2, -0.15) is 0 Å². The quantitative estimate of drug-likeness (QED) is 0.508. The van der Waals surface area contributed by atoms with E-state index in [1.165, 1.54) is 0 Å². The summed E-state index contributed by atoms with van der Waals surface area (Å²) in [5, 5.41) is 0. The average Bonchev–Trinajstić information content (AvgIpc) is 2.26. The third-order valence-corrected chi connectivity index (χ3v) is 2.02. The Hall–Kier alpha value is 0.210. The highest BCUT2D eigenvalue weighted by atomic mass is 35.5. The van der Waals surface area contributed by atoms with Crippen molar-refractivity contribution in [2.24, 2.45) is 17.6 Å². The molecule has 1 aliphatic heterocycles. The SMILES string of the molecule is Cl.NC1[C@H]2COC[C@H]12. The van der Waals surface area contributed by atoms with Crippen molar-refractivity contribution in [2.75, 3.05) is 13.2 Å². The summed E-state index contributed by atoms with van der Waals surface area (Å²) in [4.78, 5) is 0. The van der Waals surface area contributed by atoms with Gasteiger partial charge in [0.15, 0.2) is 0 Å². The number of hydrogen-bond donors (Lipinski definition) is 1.